The molecule has 28 heavy (non-hydrogen) atoms. The lowest BCUT2D eigenvalue weighted by molar-refractivity contribution is -0.384. The molecule has 1 amide bonds. The number of amides is 1. The number of anilines is 1. The molecule has 1 aromatic heterocycles. The SMILES string of the molecule is COc1ccc(NC(=O)Cn2c(CN(C)C)nc3ccccc32)c([N+](=O)[O-])c1. The molecule has 0 aliphatic rings. The van der Waals surface area contributed by atoms with E-state index in [9.17, 15) is 14.9 Å². The van der Waals surface area contributed by atoms with Crippen molar-refractivity contribution in [2.75, 3.05) is 26.5 Å². The average Bonchev–Trinajstić information content (AvgIpc) is 2.98. The van der Waals surface area contributed by atoms with Crippen LogP contribution in [-0.4, -0.2) is 46.5 Å². The van der Waals surface area contributed by atoms with E-state index < -0.39 is 4.92 Å². The number of aromatic nitrogens is 2. The molecule has 9 nitrogen and oxygen atoms in total. The normalized spacial score (nSPS) is 11.0. The number of nitrogens with one attached hydrogen (secondary N) is 1. The summed E-state index contributed by atoms with van der Waals surface area (Å²) in [5.41, 5.74) is 1.52. The van der Waals surface area contributed by atoms with Crippen molar-refractivity contribution in [2.45, 2.75) is 13.1 Å². The number of fused-ring (bicyclic) bond motifs is 1. The molecule has 0 unspecified atom stereocenters. The molecule has 0 atom stereocenters. The standard InChI is InChI=1S/C19H21N5O4/c1-22(2)11-18-20-14-6-4-5-7-16(14)23(18)12-19(25)21-15-9-8-13(28-3)10-17(15)24(26)27/h4-10H,11-12H2,1-3H3,(H,21,25). The lowest BCUT2D eigenvalue weighted by atomic mass is 10.2. The van der Waals surface area contributed by atoms with Crippen molar-refractivity contribution in [1.29, 1.82) is 0 Å². The summed E-state index contributed by atoms with van der Waals surface area (Å²) in [6.45, 7) is 0.553. The molecule has 0 fully saturated rings. The van der Waals surface area contributed by atoms with Crippen molar-refractivity contribution >= 4 is 28.3 Å². The third-order valence-corrected chi connectivity index (χ3v) is 4.17. The van der Waals surface area contributed by atoms with Crippen molar-refractivity contribution in [3.63, 3.8) is 0 Å². The third-order valence-electron chi connectivity index (χ3n) is 4.17. The first-order valence-electron chi connectivity index (χ1n) is 8.60. The smallest absolute Gasteiger partial charge is 0.296 e. The first kappa shape index (κ1) is 19.3. The Morgan fingerprint density at radius 3 is 2.71 bits per heavy atom. The molecule has 146 valence electrons. The van der Waals surface area contributed by atoms with Crippen molar-refractivity contribution in [1.82, 2.24) is 14.5 Å². The topological polar surface area (TPSA) is 103 Å². The maximum atomic E-state index is 12.7. The van der Waals surface area contributed by atoms with Gasteiger partial charge in [0.15, 0.2) is 0 Å². The number of para-hydroxylation sites is 2. The Kier molecular flexibility index (Phi) is 5.55. The van der Waals surface area contributed by atoms with Crippen molar-refractivity contribution in [3.05, 3.63) is 58.4 Å². The number of nitro benzene ring substituents is 1. The zero-order chi connectivity index (χ0) is 20.3. The van der Waals surface area contributed by atoms with Gasteiger partial charge in [0, 0.05) is 0 Å². The molecule has 1 N–H and O–H groups in total. The summed E-state index contributed by atoms with van der Waals surface area (Å²) < 4.78 is 6.84. The number of nitro groups is 1. The first-order chi connectivity index (χ1) is 13.4. The molecule has 0 saturated carbocycles. The number of carbonyl (C=O) groups is 1. The van der Waals surface area contributed by atoms with Crippen molar-refractivity contribution in [2.24, 2.45) is 0 Å². The Balaban J connectivity index is 1.89. The highest BCUT2D eigenvalue weighted by Gasteiger charge is 2.19. The van der Waals surface area contributed by atoms with Gasteiger partial charge in [0.25, 0.3) is 5.69 Å². The van der Waals surface area contributed by atoms with Crippen molar-refractivity contribution < 1.29 is 14.5 Å². The summed E-state index contributed by atoms with van der Waals surface area (Å²) in [6, 6.07) is 11.8. The molecule has 1 heterocycles. The van der Waals surface area contributed by atoms with Crippen LogP contribution in [0.5, 0.6) is 5.75 Å². The number of hydrogen-bond donors (Lipinski definition) is 1. The zero-order valence-electron chi connectivity index (χ0n) is 15.9. The van der Waals surface area contributed by atoms with E-state index in [0.717, 1.165) is 16.9 Å². The predicted octanol–water partition coefficient (Wildman–Crippen LogP) is 2.65. The highest BCUT2D eigenvalue weighted by Crippen LogP contribution is 2.29. The number of carbonyl (C=O) groups excluding carboxylic acids is 1. The van der Waals surface area contributed by atoms with E-state index >= 15 is 0 Å². The molecule has 0 aliphatic carbocycles. The third kappa shape index (κ3) is 4.09. The van der Waals surface area contributed by atoms with Gasteiger partial charge in [-0.1, -0.05) is 12.1 Å². The van der Waals surface area contributed by atoms with E-state index in [4.69, 9.17) is 4.74 Å². The molecule has 0 saturated heterocycles. The number of methoxy groups -OCH3 is 1. The Bertz CT molecular complexity index is 1030. The van der Waals surface area contributed by atoms with Gasteiger partial charge in [-0.05, 0) is 38.4 Å². The van der Waals surface area contributed by atoms with Gasteiger partial charge in [-0.2, -0.15) is 0 Å². The molecule has 3 aromatic rings. The van der Waals surface area contributed by atoms with Gasteiger partial charge < -0.3 is 19.5 Å². The van der Waals surface area contributed by atoms with E-state index in [1.807, 2.05) is 47.8 Å². The lowest BCUT2D eigenvalue weighted by Gasteiger charge is -2.13. The quantitative estimate of drug-likeness (QED) is 0.497. The second-order valence-electron chi connectivity index (χ2n) is 6.53. The Morgan fingerprint density at radius 2 is 2.04 bits per heavy atom. The summed E-state index contributed by atoms with van der Waals surface area (Å²) in [7, 11) is 5.27. The number of imidazole rings is 1. The van der Waals surface area contributed by atoms with Crippen LogP contribution in [0.4, 0.5) is 11.4 Å². The average molecular weight is 383 g/mol. The maximum absolute atomic E-state index is 12.7. The maximum Gasteiger partial charge on any atom is 0.296 e. The molecule has 0 radical (unpaired) electrons. The summed E-state index contributed by atoms with van der Waals surface area (Å²) in [5.74, 6) is 0.709. The number of rotatable bonds is 7. The second kappa shape index (κ2) is 8.05. The second-order valence-corrected chi connectivity index (χ2v) is 6.53. The monoisotopic (exact) mass is 383 g/mol. The van der Waals surface area contributed by atoms with Gasteiger partial charge in [-0.15, -0.1) is 0 Å². The number of benzene rings is 2. The minimum Gasteiger partial charge on any atom is -0.496 e. The number of ether oxygens (including phenoxy) is 1. The zero-order valence-corrected chi connectivity index (χ0v) is 15.9. The van der Waals surface area contributed by atoms with Crippen molar-refractivity contribution in [3.8, 4) is 5.75 Å². The van der Waals surface area contributed by atoms with Gasteiger partial charge in [-0.3, -0.25) is 14.9 Å². The fourth-order valence-electron chi connectivity index (χ4n) is 2.93. The van der Waals surface area contributed by atoms with E-state index in [1.165, 1.54) is 19.2 Å². The van der Waals surface area contributed by atoms with Crippen LogP contribution in [0, 0.1) is 10.1 Å². The van der Waals surface area contributed by atoms with E-state index in [1.54, 1.807) is 6.07 Å². The fourth-order valence-corrected chi connectivity index (χ4v) is 2.93. The molecular weight excluding hydrogens is 362 g/mol. The van der Waals surface area contributed by atoms with Crippen LogP contribution in [0.15, 0.2) is 42.5 Å². The molecule has 0 spiro atoms. The Morgan fingerprint density at radius 1 is 1.29 bits per heavy atom. The van der Waals surface area contributed by atoms with Gasteiger partial charge in [0.05, 0.1) is 35.7 Å². The fraction of sp³-hybridized carbons (Fsp3) is 0.263. The summed E-state index contributed by atoms with van der Waals surface area (Å²) in [5, 5.41) is 13.9. The first-order valence-corrected chi connectivity index (χ1v) is 8.60. The van der Waals surface area contributed by atoms with Gasteiger partial charge in [0.1, 0.15) is 23.8 Å². The van der Waals surface area contributed by atoms with Gasteiger partial charge >= 0.3 is 0 Å². The molecule has 2 aromatic carbocycles. The van der Waals surface area contributed by atoms with E-state index in [0.29, 0.717) is 12.3 Å². The highest BCUT2D eigenvalue weighted by atomic mass is 16.6. The molecule has 3 rings (SSSR count). The lowest BCUT2D eigenvalue weighted by Crippen LogP contribution is -2.23. The molecule has 9 heteroatoms. The highest BCUT2D eigenvalue weighted by molar-refractivity contribution is 5.94. The van der Waals surface area contributed by atoms with Crippen LogP contribution in [-0.2, 0) is 17.9 Å². The predicted molar refractivity (Wildman–Crippen MR) is 105 cm³/mol. The van der Waals surface area contributed by atoms with Crippen LogP contribution >= 0.6 is 0 Å². The molecule has 0 bridgehead atoms. The van der Waals surface area contributed by atoms with Gasteiger partial charge in [-0.25, -0.2) is 4.98 Å². The van der Waals surface area contributed by atoms with Crippen LogP contribution in [0.25, 0.3) is 11.0 Å². The Hall–Kier alpha value is -3.46. The van der Waals surface area contributed by atoms with Gasteiger partial charge in [0.2, 0.25) is 5.91 Å². The minimum absolute atomic E-state index is 0.00707. The molecule has 0 aliphatic heterocycles. The van der Waals surface area contributed by atoms with Crippen LogP contribution in [0.1, 0.15) is 5.82 Å². The van der Waals surface area contributed by atoms with Crippen LogP contribution in [0.3, 0.4) is 0 Å². The van der Waals surface area contributed by atoms with E-state index in [2.05, 4.69) is 10.3 Å². The number of nitrogens with zero attached hydrogens (tertiary/aromatic N) is 4. The number of hydrogen-bond acceptors (Lipinski definition) is 6. The minimum atomic E-state index is -0.553. The Labute approximate surface area is 161 Å². The van der Waals surface area contributed by atoms with Crippen LogP contribution in [0.2, 0.25) is 0 Å². The van der Waals surface area contributed by atoms with Crippen LogP contribution < -0.4 is 10.1 Å². The van der Waals surface area contributed by atoms with E-state index in [-0.39, 0.29) is 23.8 Å². The summed E-state index contributed by atoms with van der Waals surface area (Å²) in [4.78, 5) is 30.0. The molecular formula is C19H21N5O4. The summed E-state index contributed by atoms with van der Waals surface area (Å²) >= 11 is 0. The summed E-state index contributed by atoms with van der Waals surface area (Å²) in [6.07, 6.45) is 0. The largest absolute Gasteiger partial charge is 0.496 e.